The zero-order valence-electron chi connectivity index (χ0n) is 20.6. The highest BCUT2D eigenvalue weighted by Crippen LogP contribution is 2.33. The molecule has 3 aromatic carbocycles. The van der Waals surface area contributed by atoms with E-state index < -0.39 is 6.09 Å². The van der Waals surface area contributed by atoms with Gasteiger partial charge in [-0.1, -0.05) is 36.9 Å². The molecular weight excluding hydrogens is 484 g/mol. The minimum Gasteiger partial charge on any atom is -0.494 e. The Kier molecular flexibility index (Phi) is 6.77. The van der Waals surface area contributed by atoms with Crippen LogP contribution in [0.5, 0.6) is 5.75 Å². The van der Waals surface area contributed by atoms with Crippen LogP contribution in [0.15, 0.2) is 79.5 Å². The molecule has 0 saturated carbocycles. The number of hydrogen-bond donors (Lipinski definition) is 4. The van der Waals surface area contributed by atoms with Crippen molar-refractivity contribution in [1.82, 2.24) is 14.9 Å². The fourth-order valence-corrected chi connectivity index (χ4v) is 4.27. The van der Waals surface area contributed by atoms with Crippen molar-refractivity contribution in [2.24, 2.45) is 0 Å². The van der Waals surface area contributed by atoms with Crippen molar-refractivity contribution in [1.29, 1.82) is 0 Å². The summed E-state index contributed by atoms with van der Waals surface area (Å²) in [6, 6.07) is 19.0. The molecule has 1 aliphatic rings. The average molecular weight is 511 g/mol. The number of anilines is 4. The third-order valence-electron chi connectivity index (χ3n) is 6.21. The lowest BCUT2D eigenvalue weighted by Gasteiger charge is -2.38. The first kappa shape index (κ1) is 24.6. The molecule has 0 atom stereocenters. The van der Waals surface area contributed by atoms with Gasteiger partial charge in [0.2, 0.25) is 11.9 Å². The van der Waals surface area contributed by atoms with Gasteiger partial charge >= 0.3 is 6.09 Å². The topological polar surface area (TPSA) is 129 Å². The Hall–Kier alpha value is -5.12. The van der Waals surface area contributed by atoms with E-state index in [1.807, 2.05) is 60.7 Å². The first-order chi connectivity index (χ1) is 18.4. The van der Waals surface area contributed by atoms with Crippen LogP contribution in [0.2, 0.25) is 0 Å². The van der Waals surface area contributed by atoms with Gasteiger partial charge in [-0.3, -0.25) is 4.79 Å². The molecule has 0 spiro atoms. The molecule has 0 unspecified atom stereocenters. The highest BCUT2D eigenvalue weighted by molar-refractivity contribution is 6.00. The van der Waals surface area contributed by atoms with Crippen molar-refractivity contribution in [2.45, 2.75) is 6.04 Å². The summed E-state index contributed by atoms with van der Waals surface area (Å²) >= 11 is 0. The predicted molar refractivity (Wildman–Crippen MR) is 147 cm³/mol. The Balaban J connectivity index is 1.39. The van der Waals surface area contributed by atoms with E-state index in [1.54, 1.807) is 13.3 Å². The van der Waals surface area contributed by atoms with E-state index in [9.17, 15) is 9.59 Å². The van der Waals surface area contributed by atoms with Gasteiger partial charge < -0.3 is 30.7 Å². The minimum atomic E-state index is -0.911. The van der Waals surface area contributed by atoms with E-state index in [4.69, 9.17) is 14.8 Å². The van der Waals surface area contributed by atoms with Gasteiger partial charge in [0.15, 0.2) is 0 Å². The van der Waals surface area contributed by atoms with Gasteiger partial charge in [0, 0.05) is 47.7 Å². The van der Waals surface area contributed by atoms with Gasteiger partial charge in [0.05, 0.1) is 24.4 Å². The molecule has 38 heavy (non-hydrogen) atoms. The number of rotatable bonds is 8. The summed E-state index contributed by atoms with van der Waals surface area (Å²) in [5.41, 5.74) is 4.71. The van der Waals surface area contributed by atoms with Crippen molar-refractivity contribution in [2.75, 3.05) is 36.1 Å². The first-order valence-corrected chi connectivity index (χ1v) is 11.9. The highest BCUT2D eigenvalue weighted by Gasteiger charge is 2.30. The summed E-state index contributed by atoms with van der Waals surface area (Å²) in [4.78, 5) is 33.3. The van der Waals surface area contributed by atoms with Crippen LogP contribution < -0.4 is 20.7 Å². The summed E-state index contributed by atoms with van der Waals surface area (Å²) in [5.74, 6) is 0.710. The zero-order chi connectivity index (χ0) is 26.6. The number of ether oxygens (including phenoxy) is 1. The van der Waals surface area contributed by atoms with E-state index in [1.165, 1.54) is 11.0 Å². The smallest absolute Gasteiger partial charge is 0.407 e. The molecule has 0 aliphatic carbocycles. The SMILES string of the molecule is C=CC(=O)Nc1cccc(-c2cccc3cnc(Nc4ccc(NC5CN(C(=O)O)C5)cc4OC)nc23)c1. The molecule has 2 amide bonds. The number of likely N-dealkylation sites (tertiary alicyclic amines) is 1. The van der Waals surface area contributed by atoms with Crippen LogP contribution in [-0.2, 0) is 4.79 Å². The van der Waals surface area contributed by atoms with Crippen LogP contribution in [0.1, 0.15) is 0 Å². The number of carbonyl (C=O) groups excluding carboxylic acids is 1. The van der Waals surface area contributed by atoms with Gasteiger partial charge in [0.1, 0.15) is 5.75 Å². The van der Waals surface area contributed by atoms with Gasteiger partial charge in [-0.25, -0.2) is 14.8 Å². The summed E-state index contributed by atoms with van der Waals surface area (Å²) in [6.07, 6.45) is 2.07. The number of amides is 2. The largest absolute Gasteiger partial charge is 0.494 e. The molecule has 1 fully saturated rings. The van der Waals surface area contributed by atoms with Crippen molar-refractivity contribution < 1.29 is 19.4 Å². The highest BCUT2D eigenvalue weighted by atomic mass is 16.5. The van der Waals surface area contributed by atoms with Crippen LogP contribution >= 0.6 is 0 Å². The lowest BCUT2D eigenvalue weighted by molar-refractivity contribution is -0.111. The predicted octanol–water partition coefficient (Wildman–Crippen LogP) is 4.95. The number of carbonyl (C=O) groups is 2. The molecule has 2 heterocycles. The third kappa shape index (κ3) is 5.19. The van der Waals surface area contributed by atoms with Crippen molar-refractivity contribution in [3.05, 3.63) is 79.5 Å². The number of hydrogen-bond acceptors (Lipinski definition) is 7. The lowest BCUT2D eigenvalue weighted by atomic mass is 10.0. The van der Waals surface area contributed by atoms with Crippen LogP contribution in [0.3, 0.4) is 0 Å². The Morgan fingerprint density at radius 1 is 1.11 bits per heavy atom. The molecule has 4 aromatic rings. The number of fused-ring (bicyclic) bond motifs is 1. The monoisotopic (exact) mass is 510 g/mol. The van der Waals surface area contributed by atoms with Crippen molar-refractivity contribution in [3.8, 4) is 16.9 Å². The number of para-hydroxylation sites is 1. The van der Waals surface area contributed by atoms with Gasteiger partial charge in [-0.2, -0.15) is 0 Å². The molecule has 1 aromatic heterocycles. The lowest BCUT2D eigenvalue weighted by Crippen LogP contribution is -2.56. The first-order valence-electron chi connectivity index (χ1n) is 11.9. The Morgan fingerprint density at radius 2 is 1.92 bits per heavy atom. The number of nitrogens with one attached hydrogen (secondary N) is 3. The van der Waals surface area contributed by atoms with Crippen LogP contribution in [-0.4, -0.2) is 58.2 Å². The second-order valence-corrected chi connectivity index (χ2v) is 8.78. The zero-order valence-corrected chi connectivity index (χ0v) is 20.6. The maximum atomic E-state index is 11.7. The van der Waals surface area contributed by atoms with Gasteiger partial charge in [-0.05, 0) is 35.9 Å². The minimum absolute atomic E-state index is 0.0560. The van der Waals surface area contributed by atoms with E-state index >= 15 is 0 Å². The van der Waals surface area contributed by atoms with Crippen molar-refractivity contribution in [3.63, 3.8) is 0 Å². The van der Waals surface area contributed by atoms with Gasteiger partial charge in [-0.15, -0.1) is 0 Å². The summed E-state index contributed by atoms with van der Waals surface area (Å²) in [7, 11) is 1.58. The van der Waals surface area contributed by atoms with Gasteiger partial charge in [0.25, 0.3) is 0 Å². The Bertz CT molecular complexity index is 1530. The Labute approximate surface area is 219 Å². The molecule has 0 radical (unpaired) electrons. The molecule has 10 heteroatoms. The van der Waals surface area contributed by atoms with Crippen LogP contribution in [0, 0.1) is 0 Å². The molecule has 1 aliphatic heterocycles. The second kappa shape index (κ2) is 10.5. The normalized spacial score (nSPS) is 12.9. The summed E-state index contributed by atoms with van der Waals surface area (Å²) < 4.78 is 5.58. The number of carboxylic acid groups (broad SMARTS) is 1. The molecule has 4 N–H and O–H groups in total. The molecular formula is C28H26N6O4. The molecule has 10 nitrogen and oxygen atoms in total. The molecule has 192 valence electrons. The van der Waals surface area contributed by atoms with Crippen LogP contribution in [0.4, 0.5) is 27.8 Å². The quantitative estimate of drug-likeness (QED) is 0.245. The van der Waals surface area contributed by atoms with E-state index in [0.717, 1.165) is 27.7 Å². The van der Waals surface area contributed by atoms with E-state index in [-0.39, 0.29) is 11.9 Å². The standard InChI is InChI=1S/C28H26N6O4/c1-3-25(35)31-19-8-4-6-17(12-19)22-9-5-7-18-14-29-27(33-26(18)22)32-23-11-10-20(13-24(23)38-2)30-21-15-34(16-21)28(36)37/h3-14,21,30H,1,15-16H2,2H3,(H,31,35)(H,36,37)(H,29,32,33). The average Bonchev–Trinajstić information content (AvgIpc) is 2.90. The Morgan fingerprint density at radius 3 is 2.68 bits per heavy atom. The summed E-state index contributed by atoms with van der Waals surface area (Å²) in [5, 5.41) is 19.2. The maximum Gasteiger partial charge on any atom is 0.407 e. The number of nitrogens with zero attached hydrogens (tertiary/aromatic N) is 3. The van der Waals surface area contributed by atoms with E-state index in [2.05, 4.69) is 27.5 Å². The number of methoxy groups -OCH3 is 1. The number of aromatic nitrogens is 2. The van der Waals surface area contributed by atoms with E-state index in [0.29, 0.717) is 36.2 Å². The maximum absolute atomic E-state index is 11.7. The fraction of sp³-hybridized carbons (Fsp3) is 0.143. The fourth-order valence-electron chi connectivity index (χ4n) is 4.27. The third-order valence-corrected chi connectivity index (χ3v) is 6.21. The van der Waals surface area contributed by atoms with Crippen LogP contribution in [0.25, 0.3) is 22.0 Å². The second-order valence-electron chi connectivity index (χ2n) is 8.78. The van der Waals surface area contributed by atoms with Crippen molar-refractivity contribution >= 4 is 45.9 Å². The molecule has 5 rings (SSSR count). The molecule has 1 saturated heterocycles. The molecule has 0 bridgehead atoms. The summed E-state index contributed by atoms with van der Waals surface area (Å²) in [6.45, 7) is 4.38. The number of benzene rings is 3.